The number of carbonyl (C=O) groups excluding carboxylic acids is 1. The first-order valence-corrected chi connectivity index (χ1v) is 9.74. The number of hydrogen-bond donors (Lipinski definition) is 0. The van der Waals surface area contributed by atoms with Crippen molar-refractivity contribution < 1.29 is 19.0 Å². The Labute approximate surface area is 162 Å². The summed E-state index contributed by atoms with van der Waals surface area (Å²) in [7, 11) is 1.71. The molecule has 0 atom stereocenters. The van der Waals surface area contributed by atoms with Crippen molar-refractivity contribution in [3.8, 4) is 16.9 Å². The molecule has 2 aromatic rings. The quantitative estimate of drug-likeness (QED) is 0.365. The molecule has 4 heteroatoms. The molecule has 0 radical (unpaired) electrons. The van der Waals surface area contributed by atoms with Crippen molar-refractivity contribution >= 4 is 5.97 Å². The molecule has 0 heterocycles. The molecule has 0 bridgehead atoms. The molecule has 27 heavy (non-hydrogen) atoms. The highest BCUT2D eigenvalue weighted by Crippen LogP contribution is 2.23. The third-order valence-corrected chi connectivity index (χ3v) is 4.26. The van der Waals surface area contributed by atoms with E-state index in [2.05, 4.69) is 6.92 Å². The Morgan fingerprint density at radius 3 is 1.96 bits per heavy atom. The molecule has 0 amide bonds. The number of hydrogen-bond acceptors (Lipinski definition) is 4. The van der Waals surface area contributed by atoms with Crippen LogP contribution in [-0.4, -0.2) is 32.9 Å². The monoisotopic (exact) mass is 370 g/mol. The van der Waals surface area contributed by atoms with Crippen LogP contribution in [-0.2, 0) is 9.47 Å². The number of unbranched alkanes of at least 4 members (excludes halogenated alkanes) is 3. The minimum Gasteiger partial charge on any atom is -0.494 e. The van der Waals surface area contributed by atoms with E-state index in [9.17, 15) is 4.79 Å². The molecule has 146 valence electrons. The second-order valence-corrected chi connectivity index (χ2v) is 6.49. The van der Waals surface area contributed by atoms with Gasteiger partial charge in [-0.3, -0.25) is 0 Å². The van der Waals surface area contributed by atoms with Crippen LogP contribution in [0.25, 0.3) is 11.1 Å². The van der Waals surface area contributed by atoms with Crippen molar-refractivity contribution in [2.75, 3.05) is 26.9 Å². The van der Waals surface area contributed by atoms with Gasteiger partial charge in [-0.1, -0.05) is 37.6 Å². The van der Waals surface area contributed by atoms with Gasteiger partial charge in [0.25, 0.3) is 0 Å². The van der Waals surface area contributed by atoms with Crippen molar-refractivity contribution in [2.45, 2.75) is 39.0 Å². The molecule has 0 aliphatic carbocycles. The third kappa shape index (κ3) is 7.43. The Balaban J connectivity index is 1.79. The van der Waals surface area contributed by atoms with E-state index in [0.29, 0.717) is 12.2 Å². The lowest BCUT2D eigenvalue weighted by atomic mass is 10.0. The van der Waals surface area contributed by atoms with Crippen molar-refractivity contribution in [2.24, 2.45) is 0 Å². The molecular formula is C23H30O4. The van der Waals surface area contributed by atoms with E-state index in [1.165, 1.54) is 0 Å². The fourth-order valence-corrected chi connectivity index (χ4v) is 2.71. The highest BCUT2D eigenvalue weighted by molar-refractivity contribution is 5.90. The predicted octanol–water partition coefficient (Wildman–Crippen LogP) is 5.51. The van der Waals surface area contributed by atoms with Crippen molar-refractivity contribution in [3.63, 3.8) is 0 Å². The molecule has 2 aromatic carbocycles. The van der Waals surface area contributed by atoms with Crippen molar-refractivity contribution in [1.82, 2.24) is 0 Å². The minimum atomic E-state index is -0.262. The summed E-state index contributed by atoms with van der Waals surface area (Å²) in [6, 6.07) is 15.5. The van der Waals surface area contributed by atoms with Crippen LogP contribution in [0.5, 0.6) is 5.75 Å². The van der Waals surface area contributed by atoms with E-state index in [-0.39, 0.29) is 5.97 Å². The number of rotatable bonds is 12. The van der Waals surface area contributed by atoms with Crippen LogP contribution in [0.15, 0.2) is 48.5 Å². The average Bonchev–Trinajstić information content (AvgIpc) is 2.72. The molecule has 2 rings (SSSR count). The van der Waals surface area contributed by atoms with Gasteiger partial charge in [0, 0.05) is 13.7 Å². The maximum absolute atomic E-state index is 12.1. The lowest BCUT2D eigenvalue weighted by Gasteiger charge is -2.08. The molecule has 0 aromatic heterocycles. The minimum absolute atomic E-state index is 0.262. The van der Waals surface area contributed by atoms with Gasteiger partial charge in [0.1, 0.15) is 5.75 Å². The zero-order chi connectivity index (χ0) is 19.3. The van der Waals surface area contributed by atoms with Crippen LogP contribution in [0.3, 0.4) is 0 Å². The van der Waals surface area contributed by atoms with Crippen LogP contribution in [0.4, 0.5) is 0 Å². The zero-order valence-electron chi connectivity index (χ0n) is 16.4. The van der Waals surface area contributed by atoms with E-state index in [4.69, 9.17) is 14.2 Å². The van der Waals surface area contributed by atoms with Gasteiger partial charge in [-0.2, -0.15) is 0 Å². The zero-order valence-corrected chi connectivity index (χ0v) is 16.4. The summed E-state index contributed by atoms with van der Waals surface area (Å²) in [5, 5.41) is 0. The van der Waals surface area contributed by atoms with Gasteiger partial charge in [0.15, 0.2) is 0 Å². The average molecular weight is 370 g/mol. The van der Waals surface area contributed by atoms with Gasteiger partial charge in [-0.15, -0.1) is 0 Å². The first-order chi connectivity index (χ1) is 13.2. The molecule has 0 unspecified atom stereocenters. The summed E-state index contributed by atoms with van der Waals surface area (Å²) in [4.78, 5) is 12.1. The van der Waals surface area contributed by atoms with Crippen molar-refractivity contribution in [1.29, 1.82) is 0 Å². The Bertz CT molecular complexity index is 662. The fourth-order valence-electron chi connectivity index (χ4n) is 2.71. The normalized spacial score (nSPS) is 10.6. The number of methoxy groups -OCH3 is 1. The van der Waals surface area contributed by atoms with Gasteiger partial charge in [-0.05, 0) is 61.1 Å². The van der Waals surface area contributed by atoms with Crippen LogP contribution < -0.4 is 4.74 Å². The SMILES string of the molecule is CCCOc1ccc(-c2ccc(C(=O)OCCCCCCOC)cc2)cc1. The lowest BCUT2D eigenvalue weighted by Crippen LogP contribution is -2.06. The third-order valence-electron chi connectivity index (χ3n) is 4.26. The summed E-state index contributed by atoms with van der Waals surface area (Å²) in [6.07, 6.45) is 5.08. The van der Waals surface area contributed by atoms with E-state index < -0.39 is 0 Å². The number of esters is 1. The summed E-state index contributed by atoms with van der Waals surface area (Å²) < 4.78 is 16.0. The van der Waals surface area contributed by atoms with Gasteiger partial charge < -0.3 is 14.2 Å². The number of carbonyl (C=O) groups is 1. The predicted molar refractivity (Wildman–Crippen MR) is 108 cm³/mol. The van der Waals surface area contributed by atoms with Gasteiger partial charge >= 0.3 is 5.97 Å². The second kappa shape index (κ2) is 12.1. The summed E-state index contributed by atoms with van der Waals surface area (Å²) in [5.41, 5.74) is 2.74. The second-order valence-electron chi connectivity index (χ2n) is 6.49. The van der Waals surface area contributed by atoms with Crippen LogP contribution in [0.2, 0.25) is 0 Å². The Hall–Kier alpha value is -2.33. The highest BCUT2D eigenvalue weighted by Gasteiger charge is 2.07. The maximum atomic E-state index is 12.1. The lowest BCUT2D eigenvalue weighted by molar-refractivity contribution is 0.0497. The molecule has 0 aliphatic rings. The molecule has 0 N–H and O–H groups in total. The number of ether oxygens (including phenoxy) is 3. The molecule has 0 spiro atoms. The molecule has 0 fully saturated rings. The molecule has 4 nitrogen and oxygen atoms in total. The largest absolute Gasteiger partial charge is 0.494 e. The topological polar surface area (TPSA) is 44.8 Å². The first-order valence-electron chi connectivity index (χ1n) is 9.74. The van der Waals surface area contributed by atoms with Crippen LogP contribution in [0.1, 0.15) is 49.4 Å². The van der Waals surface area contributed by atoms with Gasteiger partial charge in [0.2, 0.25) is 0 Å². The Morgan fingerprint density at radius 2 is 1.37 bits per heavy atom. The number of benzene rings is 2. The van der Waals surface area contributed by atoms with Gasteiger partial charge in [0.05, 0.1) is 18.8 Å². The summed E-state index contributed by atoms with van der Waals surface area (Å²) >= 11 is 0. The standard InChI is InChI=1S/C23H30O4/c1-3-16-26-22-14-12-20(13-15-22)19-8-10-21(11-9-19)23(24)27-18-7-5-4-6-17-25-2/h8-15H,3-7,16-18H2,1-2H3. The van der Waals surface area contributed by atoms with E-state index in [1.54, 1.807) is 7.11 Å². The summed E-state index contributed by atoms with van der Waals surface area (Å²) in [6.45, 7) is 4.07. The molecule has 0 aliphatic heterocycles. The highest BCUT2D eigenvalue weighted by atomic mass is 16.5. The van der Waals surface area contributed by atoms with Crippen LogP contribution >= 0.6 is 0 Å². The van der Waals surface area contributed by atoms with E-state index >= 15 is 0 Å². The smallest absolute Gasteiger partial charge is 0.338 e. The maximum Gasteiger partial charge on any atom is 0.338 e. The Kier molecular flexibility index (Phi) is 9.42. The first kappa shape index (κ1) is 21.0. The van der Waals surface area contributed by atoms with E-state index in [0.717, 1.165) is 62.2 Å². The van der Waals surface area contributed by atoms with Gasteiger partial charge in [-0.25, -0.2) is 4.79 Å². The van der Waals surface area contributed by atoms with Crippen LogP contribution in [0, 0.1) is 0 Å². The molecular weight excluding hydrogens is 340 g/mol. The van der Waals surface area contributed by atoms with Crippen molar-refractivity contribution in [3.05, 3.63) is 54.1 Å². The molecule has 0 saturated heterocycles. The van der Waals surface area contributed by atoms with E-state index in [1.807, 2.05) is 48.5 Å². The summed E-state index contributed by atoms with van der Waals surface area (Å²) in [5.74, 6) is 0.616. The molecule has 0 saturated carbocycles. The Morgan fingerprint density at radius 1 is 0.778 bits per heavy atom. The fraction of sp³-hybridized carbons (Fsp3) is 0.435.